The van der Waals surface area contributed by atoms with Crippen molar-refractivity contribution in [2.75, 3.05) is 0 Å². The Kier molecular flexibility index (Phi) is 2.00. The lowest BCUT2D eigenvalue weighted by Gasteiger charge is -1.98. The minimum absolute atomic E-state index is 0.316. The normalized spacial score (nSPS) is 9.33. The van der Waals surface area contributed by atoms with E-state index in [9.17, 15) is 20.0 Å². The molecule has 1 aromatic rings. The van der Waals surface area contributed by atoms with E-state index in [1.54, 1.807) is 0 Å². The summed E-state index contributed by atoms with van der Waals surface area (Å²) in [5, 5.41) is 20.3. The van der Waals surface area contributed by atoms with E-state index in [-0.39, 0.29) is 5.69 Å². The van der Waals surface area contributed by atoms with Gasteiger partial charge < -0.3 is 9.90 Å². The van der Waals surface area contributed by atoms with Crippen LogP contribution in [0.5, 0.6) is 0 Å². The molecule has 0 aliphatic heterocycles. The van der Waals surface area contributed by atoms with Crippen molar-refractivity contribution < 1.29 is 14.8 Å². The van der Waals surface area contributed by atoms with Crippen LogP contribution in [0.4, 0.5) is 5.69 Å². The van der Waals surface area contributed by atoms with Crippen molar-refractivity contribution in [1.29, 1.82) is 0 Å². The molecule has 0 bridgehead atoms. The van der Waals surface area contributed by atoms with Crippen LogP contribution < -0.4 is 5.11 Å². The lowest BCUT2D eigenvalue weighted by Crippen LogP contribution is -2.23. The van der Waals surface area contributed by atoms with Gasteiger partial charge in [0.25, 0.3) is 5.69 Å². The number of hydrogen-bond acceptors (Lipinski definition) is 5. The van der Waals surface area contributed by atoms with Gasteiger partial charge in [-0.15, -0.1) is 0 Å². The molecule has 0 saturated heterocycles. The number of carboxylic acid groups (broad SMARTS) is 1. The molecule has 0 aliphatic rings. The Labute approximate surface area is 66.6 Å². The van der Waals surface area contributed by atoms with Crippen LogP contribution in [-0.2, 0) is 0 Å². The molecule has 0 N–H and O–H groups in total. The highest BCUT2D eigenvalue weighted by Gasteiger charge is 2.06. The van der Waals surface area contributed by atoms with E-state index in [0.717, 1.165) is 18.3 Å². The Morgan fingerprint density at radius 1 is 1.58 bits per heavy atom. The number of nitrogens with zero attached hydrogens (tertiary/aromatic N) is 2. The zero-order valence-electron chi connectivity index (χ0n) is 5.76. The molecule has 0 unspecified atom stereocenters. The molecular formula is C6H3N2O4-. The molecule has 1 aromatic heterocycles. The van der Waals surface area contributed by atoms with Crippen molar-refractivity contribution in [3.63, 3.8) is 0 Å². The zero-order chi connectivity index (χ0) is 9.14. The van der Waals surface area contributed by atoms with Crippen molar-refractivity contribution in [1.82, 2.24) is 4.98 Å². The molecule has 0 atom stereocenters. The van der Waals surface area contributed by atoms with Crippen molar-refractivity contribution in [2.24, 2.45) is 0 Å². The van der Waals surface area contributed by atoms with Crippen molar-refractivity contribution in [2.45, 2.75) is 0 Å². The summed E-state index contributed by atoms with van der Waals surface area (Å²) < 4.78 is 0. The monoisotopic (exact) mass is 167 g/mol. The first-order valence-corrected chi connectivity index (χ1v) is 2.93. The molecular weight excluding hydrogens is 164 g/mol. The second-order valence-corrected chi connectivity index (χ2v) is 1.94. The topological polar surface area (TPSA) is 96.2 Å². The maximum absolute atomic E-state index is 10.2. The largest absolute Gasteiger partial charge is 0.543 e. The number of carbonyl (C=O) groups is 1. The number of carboxylic acids is 1. The fraction of sp³-hybridized carbons (Fsp3) is 0. The van der Waals surface area contributed by atoms with Crippen LogP contribution in [0.2, 0.25) is 0 Å². The van der Waals surface area contributed by atoms with Gasteiger partial charge in [-0.05, 0) is 0 Å². The summed E-state index contributed by atoms with van der Waals surface area (Å²) in [6.07, 6.45) is 1.04. The van der Waals surface area contributed by atoms with E-state index in [4.69, 9.17) is 0 Å². The third kappa shape index (κ3) is 1.54. The molecule has 1 heterocycles. The van der Waals surface area contributed by atoms with Crippen molar-refractivity contribution in [3.05, 3.63) is 34.1 Å². The summed E-state index contributed by atoms with van der Waals surface area (Å²) in [6.45, 7) is 0. The van der Waals surface area contributed by atoms with E-state index in [2.05, 4.69) is 4.98 Å². The molecule has 0 aromatic carbocycles. The molecule has 0 saturated carbocycles. The van der Waals surface area contributed by atoms with E-state index in [0.29, 0.717) is 0 Å². The average molecular weight is 167 g/mol. The van der Waals surface area contributed by atoms with E-state index >= 15 is 0 Å². The Hall–Kier alpha value is -1.98. The van der Waals surface area contributed by atoms with Crippen LogP contribution in [-0.4, -0.2) is 15.9 Å². The van der Waals surface area contributed by atoms with Crippen LogP contribution in [0.3, 0.4) is 0 Å². The number of rotatable bonds is 2. The van der Waals surface area contributed by atoms with Crippen LogP contribution in [0.15, 0.2) is 18.3 Å². The van der Waals surface area contributed by atoms with Gasteiger partial charge in [-0.25, -0.2) is 0 Å². The van der Waals surface area contributed by atoms with Crippen molar-refractivity contribution in [3.8, 4) is 0 Å². The second kappa shape index (κ2) is 2.95. The lowest BCUT2D eigenvalue weighted by atomic mass is 10.3. The minimum atomic E-state index is -1.53. The molecule has 0 spiro atoms. The number of nitro groups is 1. The van der Waals surface area contributed by atoms with Gasteiger partial charge in [0.1, 0.15) is 0 Å². The molecule has 0 fully saturated rings. The molecule has 0 aliphatic carbocycles. The highest BCUT2D eigenvalue weighted by Crippen LogP contribution is 2.09. The van der Waals surface area contributed by atoms with Crippen LogP contribution in [0, 0.1) is 10.1 Å². The Bertz CT molecular complexity index is 307. The average Bonchev–Trinajstić information content (AvgIpc) is 2.04. The number of pyridine rings is 1. The van der Waals surface area contributed by atoms with E-state index in [1.165, 1.54) is 0 Å². The first-order chi connectivity index (χ1) is 5.61. The highest BCUT2D eigenvalue weighted by atomic mass is 16.6. The van der Waals surface area contributed by atoms with Gasteiger partial charge in [0.2, 0.25) is 0 Å². The third-order valence-corrected chi connectivity index (χ3v) is 1.16. The maximum atomic E-state index is 10.2. The van der Waals surface area contributed by atoms with Gasteiger partial charge in [-0.2, -0.15) is 0 Å². The SMILES string of the molecule is O=C([O-])c1cc([N+](=O)[O-])ccn1. The zero-order valence-corrected chi connectivity index (χ0v) is 5.76. The molecule has 12 heavy (non-hydrogen) atoms. The second-order valence-electron chi connectivity index (χ2n) is 1.94. The molecule has 6 nitrogen and oxygen atoms in total. The number of carbonyl (C=O) groups excluding carboxylic acids is 1. The molecule has 6 heteroatoms. The first kappa shape index (κ1) is 8.12. The highest BCUT2D eigenvalue weighted by molar-refractivity contribution is 5.84. The molecule has 62 valence electrons. The predicted octanol–water partition coefficient (Wildman–Crippen LogP) is -0.647. The number of aromatic nitrogens is 1. The summed E-state index contributed by atoms with van der Waals surface area (Å²) in [6, 6.07) is 1.95. The summed E-state index contributed by atoms with van der Waals surface area (Å²) in [5.41, 5.74) is -0.756. The van der Waals surface area contributed by atoms with Gasteiger partial charge >= 0.3 is 0 Å². The van der Waals surface area contributed by atoms with Crippen LogP contribution in [0.25, 0.3) is 0 Å². The summed E-state index contributed by atoms with van der Waals surface area (Å²) >= 11 is 0. The maximum Gasteiger partial charge on any atom is 0.273 e. The lowest BCUT2D eigenvalue weighted by molar-refractivity contribution is -0.385. The van der Waals surface area contributed by atoms with E-state index < -0.39 is 16.6 Å². The number of aromatic carboxylic acids is 1. The first-order valence-electron chi connectivity index (χ1n) is 2.93. The fourth-order valence-electron chi connectivity index (χ4n) is 0.645. The van der Waals surface area contributed by atoms with Crippen molar-refractivity contribution >= 4 is 11.7 Å². The van der Waals surface area contributed by atoms with Crippen LogP contribution >= 0.6 is 0 Å². The summed E-state index contributed by atoms with van der Waals surface area (Å²) in [4.78, 5) is 23.0. The molecule has 0 radical (unpaired) electrons. The Morgan fingerprint density at radius 2 is 2.25 bits per heavy atom. The van der Waals surface area contributed by atoms with E-state index in [1.807, 2.05) is 0 Å². The van der Waals surface area contributed by atoms with Crippen LogP contribution in [0.1, 0.15) is 10.5 Å². The van der Waals surface area contributed by atoms with Gasteiger partial charge in [0.15, 0.2) is 0 Å². The quantitative estimate of drug-likeness (QED) is 0.430. The van der Waals surface area contributed by atoms with Gasteiger partial charge in [0.05, 0.1) is 16.6 Å². The van der Waals surface area contributed by atoms with Gasteiger partial charge in [0, 0.05) is 18.3 Å². The Morgan fingerprint density at radius 3 is 2.75 bits per heavy atom. The predicted molar refractivity (Wildman–Crippen MR) is 35.2 cm³/mol. The smallest absolute Gasteiger partial charge is 0.273 e. The number of hydrogen-bond donors (Lipinski definition) is 0. The molecule has 1 rings (SSSR count). The van der Waals surface area contributed by atoms with Gasteiger partial charge in [-0.1, -0.05) is 0 Å². The third-order valence-electron chi connectivity index (χ3n) is 1.16. The summed E-state index contributed by atoms with van der Waals surface area (Å²) in [5.74, 6) is -1.53. The minimum Gasteiger partial charge on any atom is -0.543 e. The molecule has 0 amide bonds. The Balaban J connectivity index is 3.12. The van der Waals surface area contributed by atoms with Gasteiger partial charge in [-0.3, -0.25) is 15.1 Å². The fourth-order valence-corrected chi connectivity index (χ4v) is 0.645. The standard InChI is InChI=1S/C6H4N2O4/c9-6(10)5-3-4(8(11)12)1-2-7-5/h1-3H,(H,9,10)/p-1. The summed E-state index contributed by atoms with van der Waals surface area (Å²) in [7, 11) is 0.